The lowest BCUT2D eigenvalue weighted by atomic mass is 9.82. The van der Waals surface area contributed by atoms with Crippen LogP contribution in [0.15, 0.2) is 41.2 Å². The summed E-state index contributed by atoms with van der Waals surface area (Å²) in [6, 6.07) is 12.0. The van der Waals surface area contributed by atoms with E-state index in [4.69, 9.17) is 4.74 Å². The van der Waals surface area contributed by atoms with Gasteiger partial charge in [-0.2, -0.15) is 0 Å². The van der Waals surface area contributed by atoms with Crippen molar-refractivity contribution in [2.45, 2.75) is 83.4 Å². The van der Waals surface area contributed by atoms with Crippen LogP contribution in [0.1, 0.15) is 73.4 Å². The van der Waals surface area contributed by atoms with Crippen LogP contribution in [0.4, 0.5) is 0 Å². The molecule has 1 saturated carbocycles. The molecule has 180 valence electrons. The lowest BCUT2D eigenvalue weighted by Gasteiger charge is -2.37. The average molecular weight is 473 g/mol. The van der Waals surface area contributed by atoms with Crippen molar-refractivity contribution in [1.29, 1.82) is 0 Å². The molecule has 4 rings (SSSR count). The van der Waals surface area contributed by atoms with E-state index < -0.39 is 10.0 Å². The molecule has 2 atom stereocenters. The Balaban J connectivity index is 1.46. The lowest BCUT2D eigenvalue weighted by molar-refractivity contribution is -0.00169. The lowest BCUT2D eigenvalue weighted by Crippen LogP contribution is -2.50. The monoisotopic (exact) mass is 472 g/mol. The van der Waals surface area contributed by atoms with Gasteiger partial charge in [-0.15, -0.1) is 0 Å². The number of hydrogen-bond acceptors (Lipinski definition) is 4. The molecule has 1 aromatic heterocycles. The summed E-state index contributed by atoms with van der Waals surface area (Å²) in [5.41, 5.74) is 4.25. The zero-order chi connectivity index (χ0) is 23.6. The number of nitrogens with one attached hydrogen (secondary N) is 1. The van der Waals surface area contributed by atoms with Crippen molar-refractivity contribution >= 4 is 10.0 Å². The number of aromatic nitrogens is 1. The first-order valence-corrected chi connectivity index (χ1v) is 13.8. The van der Waals surface area contributed by atoms with E-state index in [0.717, 1.165) is 31.4 Å². The van der Waals surface area contributed by atoms with Crippen molar-refractivity contribution in [3.8, 4) is 0 Å². The second kappa shape index (κ2) is 10.1. The molecule has 1 aromatic carbocycles. The summed E-state index contributed by atoms with van der Waals surface area (Å²) >= 11 is 0. The Morgan fingerprint density at radius 3 is 2.36 bits per heavy atom. The van der Waals surface area contributed by atoms with Crippen LogP contribution in [-0.2, 0) is 21.2 Å². The van der Waals surface area contributed by atoms with E-state index in [2.05, 4.69) is 35.9 Å². The Bertz CT molecular complexity index is 1120. The molecular weight excluding hydrogens is 436 g/mol. The average Bonchev–Trinajstić information content (AvgIpc) is 2.81. The van der Waals surface area contributed by atoms with Gasteiger partial charge in [0, 0.05) is 17.3 Å². The summed E-state index contributed by atoms with van der Waals surface area (Å²) in [4.78, 5) is 13.0. The van der Waals surface area contributed by atoms with Gasteiger partial charge in [0.05, 0.1) is 24.5 Å². The van der Waals surface area contributed by atoms with Gasteiger partial charge in [-0.1, -0.05) is 35.9 Å². The highest BCUT2D eigenvalue weighted by Crippen LogP contribution is 2.35. The molecule has 0 bridgehead atoms. The third-order valence-corrected chi connectivity index (χ3v) is 8.76. The van der Waals surface area contributed by atoms with Gasteiger partial charge in [0.2, 0.25) is 10.0 Å². The van der Waals surface area contributed by atoms with Crippen molar-refractivity contribution < 1.29 is 13.2 Å². The van der Waals surface area contributed by atoms with Crippen LogP contribution in [-0.4, -0.2) is 37.5 Å². The number of ether oxygens (including phenoxy) is 1. The first kappa shape index (κ1) is 24.2. The van der Waals surface area contributed by atoms with E-state index in [-0.39, 0.29) is 29.5 Å². The van der Waals surface area contributed by atoms with Gasteiger partial charge in [-0.05, 0) is 76.8 Å². The molecule has 2 aromatic rings. The number of nitrogens with zero attached hydrogens (tertiary/aromatic N) is 1. The number of rotatable bonds is 7. The van der Waals surface area contributed by atoms with Crippen molar-refractivity contribution in [3.05, 3.63) is 69.1 Å². The highest BCUT2D eigenvalue weighted by molar-refractivity contribution is 7.89. The third kappa shape index (κ3) is 5.58. The maximum Gasteiger partial charge on any atom is 0.254 e. The zero-order valence-corrected chi connectivity index (χ0v) is 20.7. The minimum absolute atomic E-state index is 0.0235. The predicted molar refractivity (Wildman–Crippen MR) is 131 cm³/mol. The van der Waals surface area contributed by atoms with Gasteiger partial charge in [0.15, 0.2) is 0 Å². The van der Waals surface area contributed by atoms with Gasteiger partial charge in [0.1, 0.15) is 0 Å². The highest BCUT2D eigenvalue weighted by atomic mass is 32.2. The van der Waals surface area contributed by atoms with Gasteiger partial charge < -0.3 is 9.30 Å². The molecule has 6 nitrogen and oxygen atoms in total. The molecule has 0 saturated heterocycles. The Morgan fingerprint density at radius 2 is 1.70 bits per heavy atom. The number of pyridine rings is 1. The fraction of sp³-hybridized carbons (Fsp3) is 0.577. The largest absolute Gasteiger partial charge is 0.376 e. The normalized spacial score (nSPS) is 25.5. The number of benzene rings is 1. The second-order valence-corrected chi connectivity index (χ2v) is 11.7. The quantitative estimate of drug-likeness (QED) is 0.661. The first-order valence-electron chi connectivity index (χ1n) is 12.2. The number of aryl methyl sites for hydroxylation is 3. The van der Waals surface area contributed by atoms with E-state index >= 15 is 0 Å². The van der Waals surface area contributed by atoms with Crippen molar-refractivity contribution in [3.63, 3.8) is 0 Å². The maximum atomic E-state index is 13.0. The summed E-state index contributed by atoms with van der Waals surface area (Å²) < 4.78 is 35.6. The topological polar surface area (TPSA) is 77.4 Å². The summed E-state index contributed by atoms with van der Waals surface area (Å²) in [6.07, 6.45) is 5.60. The van der Waals surface area contributed by atoms with Crippen LogP contribution in [0, 0.1) is 13.8 Å². The summed E-state index contributed by atoms with van der Waals surface area (Å²) in [5.74, 6) is 0.589. The first-order chi connectivity index (χ1) is 15.8. The molecule has 0 radical (unpaired) electrons. The fourth-order valence-electron chi connectivity index (χ4n) is 5.21. The molecule has 2 heterocycles. The molecule has 1 N–H and O–H groups in total. The fourth-order valence-corrected chi connectivity index (χ4v) is 6.12. The molecule has 1 aliphatic carbocycles. The molecule has 0 spiro atoms. The van der Waals surface area contributed by atoms with E-state index in [1.807, 2.05) is 12.1 Å². The van der Waals surface area contributed by atoms with Gasteiger partial charge in [0.25, 0.3) is 5.56 Å². The summed E-state index contributed by atoms with van der Waals surface area (Å²) in [7, 11) is -3.38. The van der Waals surface area contributed by atoms with Crippen LogP contribution in [0.2, 0.25) is 0 Å². The molecule has 0 amide bonds. The van der Waals surface area contributed by atoms with E-state index in [9.17, 15) is 13.2 Å². The van der Waals surface area contributed by atoms with Crippen LogP contribution in [0.5, 0.6) is 0 Å². The van der Waals surface area contributed by atoms with Gasteiger partial charge >= 0.3 is 0 Å². The second-order valence-electron chi connectivity index (χ2n) is 9.63. The van der Waals surface area contributed by atoms with Crippen LogP contribution < -0.4 is 10.3 Å². The van der Waals surface area contributed by atoms with Crippen LogP contribution in [0.25, 0.3) is 0 Å². The molecule has 7 heteroatoms. The van der Waals surface area contributed by atoms with E-state index in [1.54, 1.807) is 18.4 Å². The smallest absolute Gasteiger partial charge is 0.254 e. The van der Waals surface area contributed by atoms with Crippen LogP contribution >= 0.6 is 0 Å². The number of hydrogen-bond donors (Lipinski definition) is 1. The predicted octanol–water partition coefficient (Wildman–Crippen LogP) is 4.00. The number of sulfonamides is 1. The molecule has 2 aliphatic rings. The van der Waals surface area contributed by atoms with Crippen molar-refractivity contribution in [2.24, 2.45) is 0 Å². The number of fused-ring (bicyclic) bond motifs is 1. The van der Waals surface area contributed by atoms with E-state index in [1.165, 1.54) is 11.1 Å². The van der Waals surface area contributed by atoms with Gasteiger partial charge in [-0.25, -0.2) is 13.1 Å². The standard InChI is InChI=1S/C26H36N2O4S/c1-4-33(30,31)27-24-16-13-22-12-7-19(3)26(29)28(22)25(24)17-32-23-14-10-21(11-15-23)20-8-5-18(2)6-9-20/h5-9,12,21,23-25,27H,4,10-11,13-17H2,1-3H3. The molecule has 1 fully saturated rings. The van der Waals surface area contributed by atoms with E-state index in [0.29, 0.717) is 30.9 Å². The molecule has 1 aliphatic heterocycles. The minimum atomic E-state index is -3.38. The van der Waals surface area contributed by atoms with Crippen molar-refractivity contribution in [1.82, 2.24) is 9.29 Å². The Labute approximate surface area is 197 Å². The zero-order valence-electron chi connectivity index (χ0n) is 19.9. The maximum absolute atomic E-state index is 13.0. The third-order valence-electron chi connectivity index (χ3n) is 7.34. The Hall–Kier alpha value is -1.96. The summed E-state index contributed by atoms with van der Waals surface area (Å²) in [6.45, 7) is 5.89. The van der Waals surface area contributed by atoms with Gasteiger partial charge in [-0.3, -0.25) is 4.79 Å². The van der Waals surface area contributed by atoms with Crippen molar-refractivity contribution in [2.75, 3.05) is 12.4 Å². The Morgan fingerprint density at radius 1 is 1.00 bits per heavy atom. The van der Waals surface area contributed by atoms with Crippen LogP contribution in [0.3, 0.4) is 0 Å². The Kier molecular flexibility index (Phi) is 7.41. The molecule has 2 unspecified atom stereocenters. The minimum Gasteiger partial charge on any atom is -0.376 e. The molecule has 33 heavy (non-hydrogen) atoms. The molecular formula is C26H36N2O4S. The summed E-state index contributed by atoms with van der Waals surface area (Å²) in [5, 5.41) is 0. The highest BCUT2D eigenvalue weighted by Gasteiger charge is 2.34. The SMILES string of the molecule is CCS(=O)(=O)NC1CCc2ccc(C)c(=O)n2C1COC1CCC(c2ccc(C)cc2)CC1.